The highest BCUT2D eigenvalue weighted by molar-refractivity contribution is 5.68. The smallest absolute Gasteiger partial charge is 0.305 e. The molecule has 0 aliphatic heterocycles. The monoisotopic (exact) mass is 250 g/mol. The van der Waals surface area contributed by atoms with E-state index in [2.05, 4.69) is 23.8 Å². The molecule has 3 nitrogen and oxygen atoms in total. The van der Waals surface area contributed by atoms with E-state index in [0.717, 1.165) is 18.4 Å². The summed E-state index contributed by atoms with van der Waals surface area (Å²) in [6.45, 7) is 2.15. The molecule has 0 spiro atoms. The van der Waals surface area contributed by atoms with Crippen molar-refractivity contribution >= 4 is 5.97 Å². The summed E-state index contributed by atoms with van der Waals surface area (Å²) in [4.78, 5) is 10.9. The summed E-state index contributed by atoms with van der Waals surface area (Å²) in [7, 11) is 1.38. The van der Waals surface area contributed by atoms with Crippen molar-refractivity contribution in [3.8, 4) is 0 Å². The average molecular weight is 250 g/mol. The Hall–Kier alpha value is -1.35. The molecule has 1 rings (SSSR count). The molecule has 0 saturated carbocycles. The Labute approximate surface area is 109 Å². The number of aryl methyl sites for hydroxylation is 1. The molecule has 0 radical (unpaired) electrons. The molecule has 1 aromatic carbocycles. The van der Waals surface area contributed by atoms with Crippen LogP contribution in [0, 0.1) is 0 Å². The van der Waals surface area contributed by atoms with E-state index in [9.17, 15) is 9.90 Å². The molecule has 18 heavy (non-hydrogen) atoms. The van der Waals surface area contributed by atoms with Gasteiger partial charge in [0.05, 0.1) is 13.2 Å². The average Bonchev–Trinajstić information content (AvgIpc) is 2.39. The Morgan fingerprint density at radius 1 is 1.33 bits per heavy atom. The number of rotatable bonds is 7. The number of carbonyl (C=O) groups excluding carboxylic acids is 1. The predicted molar refractivity (Wildman–Crippen MR) is 71.3 cm³/mol. The van der Waals surface area contributed by atoms with Crippen LogP contribution in [0.2, 0.25) is 0 Å². The lowest BCUT2D eigenvalue weighted by atomic mass is 10.0. The van der Waals surface area contributed by atoms with Gasteiger partial charge in [-0.3, -0.25) is 4.79 Å². The number of hydrogen-bond donors (Lipinski definition) is 1. The molecule has 0 saturated heterocycles. The second-order valence-electron chi connectivity index (χ2n) is 4.48. The molecular formula is C15H22O3. The first kappa shape index (κ1) is 14.7. The Morgan fingerprint density at radius 2 is 2.00 bits per heavy atom. The molecule has 100 valence electrons. The van der Waals surface area contributed by atoms with Crippen molar-refractivity contribution in [3.63, 3.8) is 0 Å². The number of methoxy groups -OCH3 is 1. The molecule has 1 atom stereocenters. The standard InChI is InChI=1S/C15H22O3/c1-3-5-12-8-10-13(11-9-12)14(16)6-4-7-15(17)18-2/h8-11,14,16H,3-7H2,1-2H3. The number of carbonyl (C=O) groups is 1. The number of aliphatic hydroxyl groups excluding tert-OH is 1. The number of ether oxygens (including phenoxy) is 1. The fourth-order valence-corrected chi connectivity index (χ4v) is 1.90. The molecule has 1 aromatic rings. The van der Waals surface area contributed by atoms with Crippen LogP contribution in [0.1, 0.15) is 49.8 Å². The van der Waals surface area contributed by atoms with E-state index in [1.807, 2.05) is 12.1 Å². The topological polar surface area (TPSA) is 46.5 Å². The molecule has 0 aliphatic rings. The SMILES string of the molecule is CCCc1ccc(C(O)CCCC(=O)OC)cc1. The van der Waals surface area contributed by atoms with E-state index in [1.165, 1.54) is 12.7 Å². The zero-order chi connectivity index (χ0) is 13.4. The van der Waals surface area contributed by atoms with Gasteiger partial charge in [0, 0.05) is 6.42 Å². The van der Waals surface area contributed by atoms with Gasteiger partial charge in [-0.2, -0.15) is 0 Å². The molecule has 1 unspecified atom stereocenters. The minimum absolute atomic E-state index is 0.222. The van der Waals surface area contributed by atoms with Gasteiger partial charge in [-0.15, -0.1) is 0 Å². The van der Waals surface area contributed by atoms with E-state index in [4.69, 9.17) is 0 Å². The lowest BCUT2D eigenvalue weighted by molar-refractivity contribution is -0.140. The lowest BCUT2D eigenvalue weighted by Gasteiger charge is -2.11. The van der Waals surface area contributed by atoms with Gasteiger partial charge in [-0.05, 0) is 30.4 Å². The van der Waals surface area contributed by atoms with Gasteiger partial charge in [-0.1, -0.05) is 37.6 Å². The van der Waals surface area contributed by atoms with E-state index in [0.29, 0.717) is 19.3 Å². The van der Waals surface area contributed by atoms with E-state index in [1.54, 1.807) is 0 Å². The van der Waals surface area contributed by atoms with Crippen molar-refractivity contribution in [2.75, 3.05) is 7.11 Å². The molecule has 0 aliphatic carbocycles. The van der Waals surface area contributed by atoms with Crippen LogP contribution in [0.15, 0.2) is 24.3 Å². The van der Waals surface area contributed by atoms with Gasteiger partial charge in [-0.25, -0.2) is 0 Å². The van der Waals surface area contributed by atoms with Gasteiger partial charge in [0.2, 0.25) is 0 Å². The van der Waals surface area contributed by atoms with Crippen molar-refractivity contribution in [3.05, 3.63) is 35.4 Å². The van der Waals surface area contributed by atoms with Crippen molar-refractivity contribution in [2.24, 2.45) is 0 Å². The van der Waals surface area contributed by atoms with Crippen molar-refractivity contribution in [1.29, 1.82) is 0 Å². The maximum atomic E-state index is 10.9. The molecule has 0 amide bonds. The quantitative estimate of drug-likeness (QED) is 0.757. The Bertz CT molecular complexity index is 357. The summed E-state index contributed by atoms with van der Waals surface area (Å²) in [5, 5.41) is 9.97. The second-order valence-corrected chi connectivity index (χ2v) is 4.48. The van der Waals surface area contributed by atoms with Crippen LogP contribution in [-0.4, -0.2) is 18.2 Å². The van der Waals surface area contributed by atoms with Crippen LogP contribution in [-0.2, 0) is 16.0 Å². The highest BCUT2D eigenvalue weighted by Crippen LogP contribution is 2.20. The Balaban J connectivity index is 2.41. The van der Waals surface area contributed by atoms with Crippen LogP contribution in [0.4, 0.5) is 0 Å². The zero-order valence-electron chi connectivity index (χ0n) is 11.2. The Morgan fingerprint density at radius 3 is 2.56 bits per heavy atom. The first-order valence-corrected chi connectivity index (χ1v) is 6.51. The maximum absolute atomic E-state index is 10.9. The highest BCUT2D eigenvalue weighted by Gasteiger charge is 2.08. The number of benzene rings is 1. The summed E-state index contributed by atoms with van der Waals surface area (Å²) >= 11 is 0. The van der Waals surface area contributed by atoms with Crippen LogP contribution in [0.3, 0.4) is 0 Å². The molecule has 0 heterocycles. The van der Waals surface area contributed by atoms with E-state index in [-0.39, 0.29) is 5.97 Å². The maximum Gasteiger partial charge on any atom is 0.305 e. The van der Waals surface area contributed by atoms with Gasteiger partial charge < -0.3 is 9.84 Å². The molecule has 3 heteroatoms. The Kier molecular flexibility index (Phi) is 6.44. The highest BCUT2D eigenvalue weighted by atomic mass is 16.5. The van der Waals surface area contributed by atoms with Gasteiger partial charge in [0.25, 0.3) is 0 Å². The summed E-state index contributed by atoms with van der Waals surface area (Å²) in [5.74, 6) is -0.222. The van der Waals surface area contributed by atoms with Crippen molar-refractivity contribution < 1.29 is 14.6 Å². The summed E-state index contributed by atoms with van der Waals surface area (Å²) in [6.07, 6.45) is 3.29. The number of aliphatic hydroxyl groups is 1. The zero-order valence-corrected chi connectivity index (χ0v) is 11.2. The lowest BCUT2D eigenvalue weighted by Crippen LogP contribution is -2.03. The molecule has 1 N–H and O–H groups in total. The molecular weight excluding hydrogens is 228 g/mol. The third kappa shape index (κ3) is 4.88. The van der Waals surface area contributed by atoms with Crippen LogP contribution in [0.25, 0.3) is 0 Å². The minimum atomic E-state index is -0.495. The molecule has 0 fully saturated rings. The molecule has 0 aromatic heterocycles. The number of esters is 1. The van der Waals surface area contributed by atoms with Crippen LogP contribution >= 0.6 is 0 Å². The normalized spacial score (nSPS) is 12.2. The largest absolute Gasteiger partial charge is 0.469 e. The van der Waals surface area contributed by atoms with Crippen molar-refractivity contribution in [2.45, 2.75) is 45.1 Å². The summed E-state index contributed by atoms with van der Waals surface area (Å²) < 4.78 is 4.56. The predicted octanol–water partition coefficient (Wildman–Crippen LogP) is 3.02. The van der Waals surface area contributed by atoms with Crippen LogP contribution in [0.5, 0.6) is 0 Å². The number of hydrogen-bond acceptors (Lipinski definition) is 3. The van der Waals surface area contributed by atoms with Crippen LogP contribution < -0.4 is 0 Å². The van der Waals surface area contributed by atoms with Crippen molar-refractivity contribution in [1.82, 2.24) is 0 Å². The summed E-state index contributed by atoms with van der Waals surface area (Å²) in [5.41, 5.74) is 2.21. The van der Waals surface area contributed by atoms with Gasteiger partial charge in [0.1, 0.15) is 0 Å². The van der Waals surface area contributed by atoms with E-state index < -0.39 is 6.10 Å². The fraction of sp³-hybridized carbons (Fsp3) is 0.533. The summed E-state index contributed by atoms with van der Waals surface area (Å²) in [6, 6.07) is 8.05. The second kappa shape index (κ2) is 7.88. The van der Waals surface area contributed by atoms with E-state index >= 15 is 0 Å². The third-order valence-corrected chi connectivity index (χ3v) is 2.99. The van der Waals surface area contributed by atoms with Gasteiger partial charge >= 0.3 is 5.97 Å². The first-order chi connectivity index (χ1) is 8.67. The molecule has 0 bridgehead atoms. The van der Waals surface area contributed by atoms with Gasteiger partial charge in [0.15, 0.2) is 0 Å². The fourth-order valence-electron chi connectivity index (χ4n) is 1.90. The minimum Gasteiger partial charge on any atom is -0.469 e. The third-order valence-electron chi connectivity index (χ3n) is 2.99. The first-order valence-electron chi connectivity index (χ1n) is 6.51.